The first kappa shape index (κ1) is 15.5. The number of hydrogen-bond acceptors (Lipinski definition) is 3. The molecule has 19 heavy (non-hydrogen) atoms. The van der Waals surface area contributed by atoms with Crippen LogP contribution in [0.1, 0.15) is 43.0 Å². The van der Waals surface area contributed by atoms with Gasteiger partial charge in [-0.1, -0.05) is 38.3 Å². The molecule has 1 aromatic rings. The third kappa shape index (κ3) is 5.75. The van der Waals surface area contributed by atoms with Gasteiger partial charge in [0.1, 0.15) is 5.75 Å². The van der Waals surface area contributed by atoms with Crippen LogP contribution in [0.2, 0.25) is 0 Å². The van der Waals surface area contributed by atoms with Crippen molar-refractivity contribution < 1.29 is 9.53 Å². The Kier molecular flexibility index (Phi) is 7.66. The van der Waals surface area contributed by atoms with Crippen molar-refractivity contribution in [2.45, 2.75) is 32.6 Å². The number of unbranched alkanes of at least 4 members (excludes halogenated alkanes) is 3. The maximum atomic E-state index is 11.9. The average molecular weight is 264 g/mol. The van der Waals surface area contributed by atoms with Crippen molar-refractivity contribution >= 4 is 5.91 Å². The second-order valence-electron chi connectivity index (χ2n) is 4.45. The Morgan fingerprint density at radius 3 is 2.79 bits per heavy atom. The predicted octanol–water partition coefficient (Wildman–Crippen LogP) is 2.33. The Morgan fingerprint density at radius 2 is 2.05 bits per heavy atom. The molecule has 0 saturated carbocycles. The maximum Gasteiger partial charge on any atom is 0.255 e. The van der Waals surface area contributed by atoms with Gasteiger partial charge in [-0.15, -0.1) is 0 Å². The molecule has 0 aliphatic rings. The van der Waals surface area contributed by atoms with Crippen molar-refractivity contribution in [1.82, 2.24) is 5.32 Å². The van der Waals surface area contributed by atoms with Gasteiger partial charge in [-0.2, -0.15) is 0 Å². The van der Waals surface area contributed by atoms with E-state index in [1.165, 1.54) is 12.8 Å². The molecule has 1 rings (SSSR count). The zero-order valence-electron chi connectivity index (χ0n) is 11.7. The SMILES string of the molecule is CCCCCCOc1ccccc1C(=O)NCCN. The van der Waals surface area contributed by atoms with Crippen molar-refractivity contribution in [3.05, 3.63) is 29.8 Å². The zero-order valence-corrected chi connectivity index (χ0v) is 11.7. The number of amides is 1. The highest BCUT2D eigenvalue weighted by molar-refractivity contribution is 5.96. The van der Waals surface area contributed by atoms with Crippen molar-refractivity contribution in [3.63, 3.8) is 0 Å². The molecular weight excluding hydrogens is 240 g/mol. The Morgan fingerprint density at radius 1 is 1.26 bits per heavy atom. The van der Waals surface area contributed by atoms with Crippen LogP contribution < -0.4 is 15.8 Å². The molecule has 1 aromatic carbocycles. The molecule has 0 spiro atoms. The van der Waals surface area contributed by atoms with Crippen molar-refractivity contribution in [2.24, 2.45) is 5.73 Å². The molecule has 3 N–H and O–H groups in total. The minimum Gasteiger partial charge on any atom is -0.493 e. The van der Waals surface area contributed by atoms with Gasteiger partial charge in [-0.05, 0) is 18.6 Å². The molecule has 1 amide bonds. The van der Waals surface area contributed by atoms with E-state index in [-0.39, 0.29) is 5.91 Å². The highest BCUT2D eigenvalue weighted by Gasteiger charge is 2.10. The topological polar surface area (TPSA) is 64.3 Å². The molecule has 4 heteroatoms. The molecule has 0 radical (unpaired) electrons. The second kappa shape index (κ2) is 9.39. The Balaban J connectivity index is 2.50. The largest absolute Gasteiger partial charge is 0.493 e. The number of nitrogens with one attached hydrogen (secondary N) is 1. The smallest absolute Gasteiger partial charge is 0.255 e. The summed E-state index contributed by atoms with van der Waals surface area (Å²) in [7, 11) is 0. The number of hydrogen-bond donors (Lipinski definition) is 2. The van der Waals surface area contributed by atoms with Gasteiger partial charge in [0.15, 0.2) is 0 Å². The van der Waals surface area contributed by atoms with Crippen LogP contribution in [0.3, 0.4) is 0 Å². The molecule has 0 aliphatic heterocycles. The average Bonchev–Trinajstić information content (AvgIpc) is 2.45. The Labute approximate surface area is 115 Å². The van der Waals surface area contributed by atoms with Crippen LogP contribution >= 0.6 is 0 Å². The van der Waals surface area contributed by atoms with E-state index in [1.54, 1.807) is 6.07 Å². The quantitative estimate of drug-likeness (QED) is 0.673. The number of para-hydroxylation sites is 1. The molecule has 0 unspecified atom stereocenters. The zero-order chi connectivity index (χ0) is 13.9. The summed E-state index contributed by atoms with van der Waals surface area (Å²) in [6.45, 7) is 3.74. The van der Waals surface area contributed by atoms with Crippen LogP contribution in [0.15, 0.2) is 24.3 Å². The van der Waals surface area contributed by atoms with E-state index in [2.05, 4.69) is 12.2 Å². The van der Waals surface area contributed by atoms with Crippen molar-refractivity contribution in [3.8, 4) is 5.75 Å². The summed E-state index contributed by atoms with van der Waals surface area (Å²) in [6.07, 6.45) is 4.62. The third-order valence-electron chi connectivity index (χ3n) is 2.82. The lowest BCUT2D eigenvalue weighted by atomic mass is 10.2. The van der Waals surface area contributed by atoms with Gasteiger partial charge in [-0.25, -0.2) is 0 Å². The van der Waals surface area contributed by atoms with E-state index < -0.39 is 0 Å². The van der Waals surface area contributed by atoms with Gasteiger partial charge in [0.25, 0.3) is 5.91 Å². The number of benzene rings is 1. The summed E-state index contributed by atoms with van der Waals surface area (Å²) in [5.74, 6) is 0.517. The van der Waals surface area contributed by atoms with E-state index in [0.717, 1.165) is 12.8 Å². The summed E-state index contributed by atoms with van der Waals surface area (Å²) in [4.78, 5) is 11.9. The number of ether oxygens (including phenoxy) is 1. The molecule has 106 valence electrons. The van der Waals surface area contributed by atoms with Crippen LogP contribution in [-0.4, -0.2) is 25.6 Å². The van der Waals surface area contributed by atoms with Crippen molar-refractivity contribution in [2.75, 3.05) is 19.7 Å². The number of carbonyl (C=O) groups excluding carboxylic acids is 1. The molecule has 0 aliphatic carbocycles. The van der Waals surface area contributed by atoms with Crippen LogP contribution in [0.4, 0.5) is 0 Å². The molecule has 0 heterocycles. The van der Waals surface area contributed by atoms with E-state index in [4.69, 9.17) is 10.5 Å². The van der Waals surface area contributed by atoms with Gasteiger partial charge in [0, 0.05) is 13.1 Å². The number of rotatable bonds is 9. The predicted molar refractivity (Wildman–Crippen MR) is 77.5 cm³/mol. The standard InChI is InChI=1S/C15H24N2O2/c1-2-3-4-7-12-19-14-9-6-5-8-13(14)15(18)17-11-10-16/h5-6,8-9H,2-4,7,10-12,16H2,1H3,(H,17,18). The minimum absolute atomic E-state index is 0.130. The Bertz CT molecular complexity index is 380. The first-order chi connectivity index (χ1) is 9.29. The fourth-order valence-electron chi connectivity index (χ4n) is 1.77. The van der Waals surface area contributed by atoms with Gasteiger partial charge >= 0.3 is 0 Å². The van der Waals surface area contributed by atoms with E-state index in [9.17, 15) is 4.79 Å². The Hall–Kier alpha value is -1.55. The summed E-state index contributed by atoms with van der Waals surface area (Å²) in [6, 6.07) is 7.31. The first-order valence-electron chi connectivity index (χ1n) is 6.99. The van der Waals surface area contributed by atoms with Crippen LogP contribution in [0.25, 0.3) is 0 Å². The lowest BCUT2D eigenvalue weighted by Gasteiger charge is -2.11. The highest BCUT2D eigenvalue weighted by Crippen LogP contribution is 2.18. The van der Waals surface area contributed by atoms with Gasteiger partial charge in [0.05, 0.1) is 12.2 Å². The highest BCUT2D eigenvalue weighted by atomic mass is 16.5. The van der Waals surface area contributed by atoms with Crippen LogP contribution in [0, 0.1) is 0 Å². The molecular formula is C15H24N2O2. The summed E-state index contributed by atoms with van der Waals surface area (Å²) < 4.78 is 5.69. The van der Waals surface area contributed by atoms with Crippen molar-refractivity contribution in [1.29, 1.82) is 0 Å². The minimum atomic E-state index is -0.130. The molecule has 0 saturated heterocycles. The van der Waals surface area contributed by atoms with E-state index in [1.807, 2.05) is 18.2 Å². The molecule has 0 fully saturated rings. The third-order valence-corrected chi connectivity index (χ3v) is 2.82. The fourth-order valence-corrected chi connectivity index (χ4v) is 1.77. The number of nitrogens with two attached hydrogens (primary N) is 1. The molecule has 0 aromatic heterocycles. The molecule has 4 nitrogen and oxygen atoms in total. The normalized spacial score (nSPS) is 10.2. The van der Waals surface area contributed by atoms with Gasteiger partial charge in [0.2, 0.25) is 0 Å². The van der Waals surface area contributed by atoms with Gasteiger partial charge < -0.3 is 15.8 Å². The fraction of sp³-hybridized carbons (Fsp3) is 0.533. The summed E-state index contributed by atoms with van der Waals surface area (Å²) in [5, 5.41) is 2.76. The lowest BCUT2D eigenvalue weighted by Crippen LogP contribution is -2.29. The summed E-state index contributed by atoms with van der Waals surface area (Å²) >= 11 is 0. The number of carbonyl (C=O) groups is 1. The molecule has 0 atom stereocenters. The molecule has 0 bridgehead atoms. The maximum absolute atomic E-state index is 11.9. The monoisotopic (exact) mass is 264 g/mol. The van der Waals surface area contributed by atoms with Crippen LogP contribution in [0.5, 0.6) is 5.75 Å². The summed E-state index contributed by atoms with van der Waals surface area (Å²) in [5.41, 5.74) is 5.95. The lowest BCUT2D eigenvalue weighted by molar-refractivity contribution is 0.0950. The van der Waals surface area contributed by atoms with E-state index >= 15 is 0 Å². The van der Waals surface area contributed by atoms with E-state index in [0.29, 0.717) is 31.0 Å². The van der Waals surface area contributed by atoms with Gasteiger partial charge in [-0.3, -0.25) is 4.79 Å². The van der Waals surface area contributed by atoms with Crippen LogP contribution in [-0.2, 0) is 0 Å². The first-order valence-corrected chi connectivity index (χ1v) is 6.99. The second-order valence-corrected chi connectivity index (χ2v) is 4.45.